The fourth-order valence-corrected chi connectivity index (χ4v) is 1.90. The van der Waals surface area contributed by atoms with Crippen LogP contribution in [0.25, 0.3) is 0 Å². The van der Waals surface area contributed by atoms with Crippen molar-refractivity contribution in [3.8, 4) is 0 Å². The van der Waals surface area contributed by atoms with Gasteiger partial charge in [-0.05, 0) is 30.5 Å². The van der Waals surface area contributed by atoms with Crippen LogP contribution in [0.3, 0.4) is 0 Å². The van der Waals surface area contributed by atoms with Gasteiger partial charge < -0.3 is 16.0 Å². The monoisotopic (exact) mass is 269 g/mol. The molecule has 1 aliphatic carbocycles. The molecule has 4 nitrogen and oxygen atoms in total. The van der Waals surface area contributed by atoms with Crippen LogP contribution >= 0.6 is 0 Å². The number of nitrogens with one attached hydrogen (secondary N) is 1. The normalized spacial score (nSPS) is 14.3. The van der Waals surface area contributed by atoms with Gasteiger partial charge >= 0.3 is 0 Å². The fraction of sp³-hybridized carbons (Fsp3) is 0.462. The Labute approximate surface area is 110 Å². The summed E-state index contributed by atoms with van der Waals surface area (Å²) in [5.41, 5.74) is 5.52. The zero-order valence-electron chi connectivity index (χ0n) is 10.7. The lowest BCUT2D eigenvalue weighted by atomic mass is 10.1. The van der Waals surface area contributed by atoms with Gasteiger partial charge in [0.25, 0.3) is 0 Å². The Morgan fingerprint density at radius 1 is 1.42 bits per heavy atom. The highest BCUT2D eigenvalue weighted by molar-refractivity contribution is 5.81. The largest absolute Gasteiger partial charge is 0.361 e. The van der Waals surface area contributed by atoms with Crippen molar-refractivity contribution in [1.82, 2.24) is 5.32 Å². The van der Waals surface area contributed by atoms with Crippen LogP contribution in [0.1, 0.15) is 18.4 Å². The molecule has 0 atom stereocenters. The third kappa shape index (κ3) is 3.41. The molecule has 1 amide bonds. The van der Waals surface area contributed by atoms with Crippen molar-refractivity contribution in [3.63, 3.8) is 0 Å². The van der Waals surface area contributed by atoms with Gasteiger partial charge in [-0.2, -0.15) is 0 Å². The number of nitrogens with two attached hydrogens (primary N) is 1. The summed E-state index contributed by atoms with van der Waals surface area (Å²) in [6, 6.07) is 2.61. The van der Waals surface area contributed by atoms with Crippen LogP contribution < -0.4 is 16.0 Å². The molecule has 0 saturated heterocycles. The second kappa shape index (κ2) is 5.52. The summed E-state index contributed by atoms with van der Waals surface area (Å²) in [7, 11) is 1.48. The van der Waals surface area contributed by atoms with Gasteiger partial charge in [0.05, 0.1) is 6.54 Å². The predicted molar refractivity (Wildman–Crippen MR) is 68.7 cm³/mol. The minimum Gasteiger partial charge on any atom is -0.361 e. The number of benzene rings is 1. The average molecular weight is 269 g/mol. The molecule has 6 heteroatoms. The van der Waals surface area contributed by atoms with Gasteiger partial charge in [-0.15, -0.1) is 0 Å². The molecule has 1 saturated carbocycles. The highest BCUT2D eigenvalue weighted by atomic mass is 19.1. The molecule has 0 aromatic heterocycles. The summed E-state index contributed by atoms with van der Waals surface area (Å²) in [5.74, 6) is -1.64. The zero-order chi connectivity index (χ0) is 14.0. The topological polar surface area (TPSA) is 58.4 Å². The van der Waals surface area contributed by atoms with Crippen LogP contribution in [0, 0.1) is 11.6 Å². The van der Waals surface area contributed by atoms with Crippen LogP contribution in [0.5, 0.6) is 0 Å². The molecule has 3 N–H and O–H groups in total. The summed E-state index contributed by atoms with van der Waals surface area (Å²) in [6.45, 7) is -0.00763. The number of amides is 1. The van der Waals surface area contributed by atoms with Gasteiger partial charge in [-0.1, -0.05) is 0 Å². The van der Waals surface area contributed by atoms with Crippen LogP contribution in [-0.2, 0) is 11.3 Å². The molecule has 1 fully saturated rings. The van der Waals surface area contributed by atoms with Crippen molar-refractivity contribution in [2.24, 2.45) is 5.73 Å². The van der Waals surface area contributed by atoms with Crippen molar-refractivity contribution < 1.29 is 13.6 Å². The van der Waals surface area contributed by atoms with Crippen molar-refractivity contribution in [3.05, 3.63) is 29.3 Å². The van der Waals surface area contributed by atoms with E-state index in [9.17, 15) is 13.6 Å². The third-order valence-electron chi connectivity index (χ3n) is 3.02. The molecule has 0 heterocycles. The van der Waals surface area contributed by atoms with E-state index in [0.29, 0.717) is 5.56 Å². The van der Waals surface area contributed by atoms with E-state index in [1.807, 2.05) is 0 Å². The van der Waals surface area contributed by atoms with Crippen molar-refractivity contribution in [2.75, 3.05) is 18.5 Å². The van der Waals surface area contributed by atoms with E-state index < -0.39 is 11.6 Å². The predicted octanol–water partition coefficient (Wildman–Crippen LogP) is 1.14. The second-order valence-electron chi connectivity index (χ2n) is 4.81. The highest BCUT2D eigenvalue weighted by Gasteiger charge is 2.24. The Hall–Kier alpha value is -1.69. The van der Waals surface area contributed by atoms with Gasteiger partial charge in [0.1, 0.15) is 17.3 Å². The van der Waals surface area contributed by atoms with E-state index in [0.717, 1.165) is 12.8 Å². The number of hydrogen-bond donors (Lipinski definition) is 2. The molecular weight excluding hydrogens is 252 g/mol. The molecule has 1 aliphatic rings. The van der Waals surface area contributed by atoms with Crippen LogP contribution in [-0.4, -0.2) is 25.5 Å². The zero-order valence-corrected chi connectivity index (χ0v) is 10.7. The van der Waals surface area contributed by atoms with Crippen LogP contribution in [0.15, 0.2) is 12.1 Å². The number of rotatable bonds is 5. The van der Waals surface area contributed by atoms with E-state index in [1.54, 1.807) is 0 Å². The van der Waals surface area contributed by atoms with Gasteiger partial charge in [-0.25, -0.2) is 8.78 Å². The maximum atomic E-state index is 13.8. The maximum Gasteiger partial charge on any atom is 0.239 e. The number of carbonyl (C=O) groups is 1. The number of nitrogens with zero attached hydrogens (tertiary/aromatic N) is 1. The highest BCUT2D eigenvalue weighted by Crippen LogP contribution is 2.24. The molecule has 1 aromatic rings. The minimum atomic E-state index is -0.706. The van der Waals surface area contributed by atoms with E-state index in [1.165, 1.54) is 24.1 Å². The summed E-state index contributed by atoms with van der Waals surface area (Å²) < 4.78 is 27.6. The van der Waals surface area contributed by atoms with Crippen LogP contribution in [0.2, 0.25) is 0 Å². The summed E-state index contributed by atoms with van der Waals surface area (Å²) in [5, 5.41) is 2.77. The molecule has 2 rings (SSSR count). The smallest absolute Gasteiger partial charge is 0.239 e. The standard InChI is InChI=1S/C13H17F2N3O/c1-18(7-12(19)17-9-2-3-9)13-10(14)4-8(6-16)5-11(13)15/h4-5,9H,2-3,6-7,16H2,1H3,(H,17,19). The number of halogens is 2. The lowest BCUT2D eigenvalue weighted by Crippen LogP contribution is -2.37. The van der Waals surface area contributed by atoms with Crippen LogP contribution in [0.4, 0.5) is 14.5 Å². The number of anilines is 1. The summed E-state index contributed by atoms with van der Waals surface area (Å²) in [6.07, 6.45) is 1.95. The van der Waals surface area contributed by atoms with Gasteiger partial charge in [0.15, 0.2) is 0 Å². The van der Waals surface area contributed by atoms with Gasteiger partial charge in [0.2, 0.25) is 5.91 Å². The molecule has 0 unspecified atom stereocenters. The summed E-state index contributed by atoms with van der Waals surface area (Å²) >= 11 is 0. The third-order valence-corrected chi connectivity index (χ3v) is 3.02. The Bertz CT molecular complexity index is 466. The van der Waals surface area contributed by atoms with Crippen molar-refractivity contribution in [2.45, 2.75) is 25.4 Å². The number of hydrogen-bond acceptors (Lipinski definition) is 3. The van der Waals surface area contributed by atoms with Crippen molar-refractivity contribution >= 4 is 11.6 Å². The summed E-state index contributed by atoms with van der Waals surface area (Å²) in [4.78, 5) is 12.9. The Balaban J connectivity index is 2.09. The number of carbonyl (C=O) groups excluding carboxylic acids is 1. The Morgan fingerprint density at radius 3 is 2.47 bits per heavy atom. The Morgan fingerprint density at radius 2 is 2.00 bits per heavy atom. The van der Waals surface area contributed by atoms with E-state index >= 15 is 0 Å². The number of likely N-dealkylation sites (N-methyl/N-ethyl adjacent to an activating group) is 1. The molecular formula is C13H17F2N3O. The average Bonchev–Trinajstić information content (AvgIpc) is 3.11. The lowest BCUT2D eigenvalue weighted by Gasteiger charge is -2.20. The first kappa shape index (κ1) is 13.7. The molecule has 0 bridgehead atoms. The second-order valence-corrected chi connectivity index (χ2v) is 4.81. The quantitative estimate of drug-likeness (QED) is 0.842. The molecule has 19 heavy (non-hydrogen) atoms. The van der Waals surface area contributed by atoms with E-state index in [2.05, 4.69) is 5.32 Å². The first-order chi connectivity index (χ1) is 9.01. The van der Waals surface area contributed by atoms with Gasteiger partial charge in [0, 0.05) is 19.6 Å². The fourth-order valence-electron chi connectivity index (χ4n) is 1.90. The molecule has 1 aromatic carbocycles. The maximum absolute atomic E-state index is 13.8. The SMILES string of the molecule is CN(CC(=O)NC1CC1)c1c(F)cc(CN)cc1F. The van der Waals surface area contributed by atoms with Crippen molar-refractivity contribution in [1.29, 1.82) is 0 Å². The first-order valence-corrected chi connectivity index (χ1v) is 6.19. The lowest BCUT2D eigenvalue weighted by molar-refractivity contribution is -0.119. The van der Waals surface area contributed by atoms with Gasteiger partial charge in [-0.3, -0.25) is 4.79 Å². The molecule has 0 spiro atoms. The Kier molecular flexibility index (Phi) is 3.99. The molecule has 0 radical (unpaired) electrons. The van der Waals surface area contributed by atoms with E-state index in [4.69, 9.17) is 5.73 Å². The van der Waals surface area contributed by atoms with E-state index in [-0.39, 0.29) is 30.7 Å². The molecule has 0 aliphatic heterocycles. The first-order valence-electron chi connectivity index (χ1n) is 6.19. The minimum absolute atomic E-state index is 0.0694. The molecule has 104 valence electrons.